The highest BCUT2D eigenvalue weighted by Gasteiger charge is 2.41. The number of hydrogen-bond acceptors (Lipinski definition) is 4. The SMILES string of the molecule is COc1nccnc1C1(N)CCC(C)CC1C. The maximum atomic E-state index is 6.58. The summed E-state index contributed by atoms with van der Waals surface area (Å²) in [6.45, 7) is 4.48. The van der Waals surface area contributed by atoms with Gasteiger partial charge in [0.2, 0.25) is 5.88 Å². The lowest BCUT2D eigenvalue weighted by atomic mass is 9.69. The van der Waals surface area contributed by atoms with Crippen molar-refractivity contribution in [1.82, 2.24) is 9.97 Å². The van der Waals surface area contributed by atoms with Gasteiger partial charge in [-0.25, -0.2) is 4.98 Å². The Morgan fingerprint density at radius 2 is 2.06 bits per heavy atom. The molecule has 3 atom stereocenters. The quantitative estimate of drug-likeness (QED) is 0.852. The van der Waals surface area contributed by atoms with Gasteiger partial charge in [-0.15, -0.1) is 0 Å². The van der Waals surface area contributed by atoms with Crippen molar-refractivity contribution in [3.05, 3.63) is 18.1 Å². The van der Waals surface area contributed by atoms with Crippen molar-refractivity contribution in [1.29, 1.82) is 0 Å². The van der Waals surface area contributed by atoms with Crippen LogP contribution in [0.25, 0.3) is 0 Å². The lowest BCUT2D eigenvalue weighted by molar-refractivity contribution is 0.155. The van der Waals surface area contributed by atoms with Crippen LogP contribution in [0.2, 0.25) is 0 Å². The van der Waals surface area contributed by atoms with E-state index in [1.54, 1.807) is 19.5 Å². The number of hydrogen-bond donors (Lipinski definition) is 1. The Balaban J connectivity index is 2.37. The van der Waals surface area contributed by atoms with Crippen LogP contribution < -0.4 is 10.5 Å². The summed E-state index contributed by atoms with van der Waals surface area (Å²) in [5.41, 5.74) is 6.99. The molecule has 0 radical (unpaired) electrons. The summed E-state index contributed by atoms with van der Waals surface area (Å²) in [6.07, 6.45) is 6.56. The molecule has 1 heterocycles. The zero-order valence-electron chi connectivity index (χ0n) is 10.8. The van der Waals surface area contributed by atoms with Gasteiger partial charge < -0.3 is 10.5 Å². The molecule has 4 nitrogen and oxygen atoms in total. The molecule has 0 aromatic carbocycles. The molecule has 3 unspecified atom stereocenters. The van der Waals surface area contributed by atoms with E-state index in [1.807, 2.05) is 0 Å². The molecule has 0 amide bonds. The second-order valence-corrected chi connectivity index (χ2v) is 5.24. The standard InChI is InChI=1S/C13H21N3O/c1-9-4-5-13(14,10(2)8-9)11-12(17-3)16-7-6-15-11/h6-7,9-10H,4-5,8,14H2,1-3H3. The molecule has 1 aliphatic carbocycles. The fraction of sp³-hybridized carbons (Fsp3) is 0.692. The number of ether oxygens (including phenoxy) is 1. The maximum absolute atomic E-state index is 6.58. The molecule has 1 aromatic heterocycles. The van der Waals surface area contributed by atoms with E-state index in [1.165, 1.54) is 0 Å². The first-order valence-corrected chi connectivity index (χ1v) is 6.22. The van der Waals surface area contributed by atoms with Crippen LogP contribution in [0.15, 0.2) is 12.4 Å². The molecule has 0 bridgehead atoms. The first-order chi connectivity index (χ1) is 8.08. The van der Waals surface area contributed by atoms with Crippen LogP contribution in [0.4, 0.5) is 0 Å². The Morgan fingerprint density at radius 3 is 2.71 bits per heavy atom. The molecule has 4 heteroatoms. The average Bonchev–Trinajstić information content (AvgIpc) is 2.34. The summed E-state index contributed by atoms with van der Waals surface area (Å²) in [5.74, 6) is 1.71. The summed E-state index contributed by atoms with van der Waals surface area (Å²) in [5, 5.41) is 0. The monoisotopic (exact) mass is 235 g/mol. The van der Waals surface area contributed by atoms with Crippen LogP contribution in [0, 0.1) is 11.8 Å². The number of methoxy groups -OCH3 is 1. The Bertz CT molecular complexity index is 396. The number of rotatable bonds is 2. The van der Waals surface area contributed by atoms with Gasteiger partial charge in [0, 0.05) is 12.4 Å². The Kier molecular flexibility index (Phi) is 3.33. The van der Waals surface area contributed by atoms with E-state index in [4.69, 9.17) is 10.5 Å². The molecule has 17 heavy (non-hydrogen) atoms. The van der Waals surface area contributed by atoms with Crippen LogP contribution in [0.5, 0.6) is 5.88 Å². The molecule has 0 spiro atoms. The lowest BCUT2D eigenvalue weighted by Crippen LogP contribution is -2.47. The Morgan fingerprint density at radius 1 is 1.35 bits per heavy atom. The third kappa shape index (κ3) is 2.14. The molecule has 0 saturated heterocycles. The highest BCUT2D eigenvalue weighted by Crippen LogP contribution is 2.43. The van der Waals surface area contributed by atoms with E-state index in [9.17, 15) is 0 Å². The second-order valence-electron chi connectivity index (χ2n) is 5.24. The fourth-order valence-corrected chi connectivity index (χ4v) is 2.81. The van der Waals surface area contributed by atoms with Gasteiger partial charge in [-0.2, -0.15) is 0 Å². The van der Waals surface area contributed by atoms with Gasteiger partial charge >= 0.3 is 0 Å². The molecule has 1 saturated carbocycles. The smallest absolute Gasteiger partial charge is 0.237 e. The highest BCUT2D eigenvalue weighted by atomic mass is 16.5. The summed E-state index contributed by atoms with van der Waals surface area (Å²) in [6, 6.07) is 0. The molecule has 0 aliphatic heterocycles. The third-order valence-electron chi connectivity index (χ3n) is 3.99. The van der Waals surface area contributed by atoms with E-state index >= 15 is 0 Å². The number of nitrogens with two attached hydrogens (primary N) is 1. The molecular formula is C13H21N3O. The Hall–Kier alpha value is -1.16. The molecule has 2 rings (SSSR count). The molecule has 2 N–H and O–H groups in total. The second kappa shape index (κ2) is 4.61. The number of aromatic nitrogens is 2. The third-order valence-corrected chi connectivity index (χ3v) is 3.99. The zero-order valence-corrected chi connectivity index (χ0v) is 10.8. The molecular weight excluding hydrogens is 214 g/mol. The summed E-state index contributed by atoms with van der Waals surface area (Å²) in [4.78, 5) is 8.61. The minimum absolute atomic E-state index is 0.397. The van der Waals surface area contributed by atoms with Crippen LogP contribution in [0.3, 0.4) is 0 Å². The lowest BCUT2D eigenvalue weighted by Gasteiger charge is -2.41. The first kappa shape index (κ1) is 12.3. The number of nitrogens with zero attached hydrogens (tertiary/aromatic N) is 2. The minimum Gasteiger partial charge on any atom is -0.480 e. The van der Waals surface area contributed by atoms with Crippen molar-refractivity contribution in [3.63, 3.8) is 0 Å². The topological polar surface area (TPSA) is 61.0 Å². The molecule has 1 aromatic rings. The average molecular weight is 235 g/mol. The van der Waals surface area contributed by atoms with Crippen molar-refractivity contribution in [2.24, 2.45) is 17.6 Å². The summed E-state index contributed by atoms with van der Waals surface area (Å²) >= 11 is 0. The van der Waals surface area contributed by atoms with E-state index in [0.29, 0.717) is 11.8 Å². The zero-order chi connectivity index (χ0) is 12.5. The van der Waals surface area contributed by atoms with Crippen LogP contribution in [-0.4, -0.2) is 17.1 Å². The van der Waals surface area contributed by atoms with Crippen molar-refractivity contribution in [2.75, 3.05) is 7.11 Å². The minimum atomic E-state index is -0.397. The molecule has 1 fully saturated rings. The highest BCUT2D eigenvalue weighted by molar-refractivity contribution is 5.27. The van der Waals surface area contributed by atoms with Gasteiger partial charge in [0.15, 0.2) is 0 Å². The largest absolute Gasteiger partial charge is 0.480 e. The van der Waals surface area contributed by atoms with E-state index in [-0.39, 0.29) is 0 Å². The van der Waals surface area contributed by atoms with Crippen LogP contribution in [-0.2, 0) is 5.54 Å². The van der Waals surface area contributed by atoms with E-state index in [0.717, 1.165) is 30.9 Å². The predicted octanol–water partition coefficient (Wildman–Crippen LogP) is 2.10. The van der Waals surface area contributed by atoms with Crippen LogP contribution in [0.1, 0.15) is 38.8 Å². The van der Waals surface area contributed by atoms with E-state index < -0.39 is 5.54 Å². The van der Waals surface area contributed by atoms with Gasteiger partial charge in [-0.05, 0) is 31.1 Å². The van der Waals surface area contributed by atoms with Gasteiger partial charge in [0.05, 0.1) is 12.6 Å². The van der Waals surface area contributed by atoms with Crippen molar-refractivity contribution < 1.29 is 4.74 Å². The van der Waals surface area contributed by atoms with E-state index in [2.05, 4.69) is 23.8 Å². The predicted molar refractivity (Wildman–Crippen MR) is 66.6 cm³/mol. The van der Waals surface area contributed by atoms with Gasteiger partial charge in [-0.3, -0.25) is 4.98 Å². The van der Waals surface area contributed by atoms with Gasteiger partial charge in [-0.1, -0.05) is 13.8 Å². The maximum Gasteiger partial charge on any atom is 0.237 e. The summed E-state index contributed by atoms with van der Waals surface area (Å²) < 4.78 is 5.29. The fourth-order valence-electron chi connectivity index (χ4n) is 2.81. The van der Waals surface area contributed by atoms with Crippen molar-refractivity contribution in [2.45, 2.75) is 38.6 Å². The van der Waals surface area contributed by atoms with Crippen molar-refractivity contribution in [3.8, 4) is 5.88 Å². The normalized spacial score (nSPS) is 33.4. The first-order valence-electron chi connectivity index (χ1n) is 6.22. The van der Waals surface area contributed by atoms with Crippen LogP contribution >= 0.6 is 0 Å². The van der Waals surface area contributed by atoms with Crippen molar-refractivity contribution >= 4 is 0 Å². The molecule has 94 valence electrons. The summed E-state index contributed by atoms with van der Waals surface area (Å²) in [7, 11) is 1.62. The Labute approximate surface area is 103 Å². The van der Waals surface area contributed by atoms with Gasteiger partial charge in [0.1, 0.15) is 5.69 Å². The molecule has 1 aliphatic rings. The van der Waals surface area contributed by atoms with Gasteiger partial charge in [0.25, 0.3) is 0 Å².